The van der Waals surface area contributed by atoms with Crippen LogP contribution in [0.2, 0.25) is 0 Å². The minimum Gasteiger partial charge on any atom is -0.353 e. The molecule has 3 heterocycles. The summed E-state index contributed by atoms with van der Waals surface area (Å²) in [5.74, 6) is -0.908. The number of nitrogens with one attached hydrogen (secondary N) is 1. The van der Waals surface area contributed by atoms with Crippen LogP contribution in [0.25, 0.3) is 22.3 Å². The van der Waals surface area contributed by atoms with E-state index in [0.717, 1.165) is 0 Å². The van der Waals surface area contributed by atoms with Gasteiger partial charge in [-0.2, -0.15) is 0 Å². The Balaban J connectivity index is 1.86. The fraction of sp³-hybridized carbons (Fsp3) is 0.158. The first-order valence-corrected chi connectivity index (χ1v) is 8.19. The number of benzene rings is 1. The van der Waals surface area contributed by atoms with Crippen molar-refractivity contribution in [2.75, 3.05) is 19.6 Å². The molecule has 6 nitrogen and oxygen atoms in total. The average Bonchev–Trinajstić information content (AvgIpc) is 2.67. The molecule has 0 atom stereocenters. The normalized spacial score (nSPS) is 14.3. The van der Waals surface area contributed by atoms with Crippen LogP contribution in [0.3, 0.4) is 0 Å². The highest BCUT2D eigenvalue weighted by Crippen LogP contribution is 2.25. The van der Waals surface area contributed by atoms with Crippen molar-refractivity contribution in [3.05, 3.63) is 60.0 Å². The average molecular weight is 350 g/mol. The number of nitrogens with zero attached hydrogens (tertiary/aromatic N) is 3. The molecule has 4 rings (SSSR count). The molecular weight excluding hydrogens is 335 g/mol. The van der Waals surface area contributed by atoms with Crippen molar-refractivity contribution in [3.63, 3.8) is 0 Å². The fourth-order valence-electron chi connectivity index (χ4n) is 3.01. The maximum absolute atomic E-state index is 13.7. The van der Waals surface area contributed by atoms with E-state index in [9.17, 15) is 14.0 Å². The quantitative estimate of drug-likeness (QED) is 0.767. The summed E-state index contributed by atoms with van der Waals surface area (Å²) >= 11 is 0. The molecule has 26 heavy (non-hydrogen) atoms. The van der Waals surface area contributed by atoms with Gasteiger partial charge >= 0.3 is 0 Å². The van der Waals surface area contributed by atoms with Gasteiger partial charge in [-0.25, -0.2) is 9.37 Å². The van der Waals surface area contributed by atoms with E-state index in [4.69, 9.17) is 0 Å². The van der Waals surface area contributed by atoms with Crippen LogP contribution in [0.15, 0.2) is 48.7 Å². The van der Waals surface area contributed by atoms with Crippen molar-refractivity contribution in [1.82, 2.24) is 20.2 Å². The molecule has 2 amide bonds. The number of pyridine rings is 2. The Kier molecular flexibility index (Phi) is 4.04. The summed E-state index contributed by atoms with van der Waals surface area (Å²) in [6, 6.07) is 11.1. The second kappa shape index (κ2) is 6.51. The molecule has 0 radical (unpaired) electrons. The molecule has 0 spiro atoms. The van der Waals surface area contributed by atoms with Crippen molar-refractivity contribution >= 4 is 22.7 Å². The van der Waals surface area contributed by atoms with Crippen molar-refractivity contribution in [2.45, 2.75) is 0 Å². The molecule has 1 saturated heterocycles. The van der Waals surface area contributed by atoms with E-state index < -0.39 is 5.82 Å². The molecule has 2 aromatic heterocycles. The summed E-state index contributed by atoms with van der Waals surface area (Å²) < 4.78 is 13.7. The van der Waals surface area contributed by atoms with Crippen molar-refractivity contribution < 1.29 is 14.0 Å². The Morgan fingerprint density at radius 3 is 2.81 bits per heavy atom. The number of hydrogen-bond donors (Lipinski definition) is 1. The lowest BCUT2D eigenvalue weighted by Gasteiger charge is -2.27. The predicted octanol–water partition coefficient (Wildman–Crippen LogP) is 2.01. The zero-order valence-electron chi connectivity index (χ0n) is 13.8. The Bertz CT molecular complexity index is 1010. The van der Waals surface area contributed by atoms with Crippen molar-refractivity contribution in [2.24, 2.45) is 0 Å². The summed E-state index contributed by atoms with van der Waals surface area (Å²) in [5, 5.41) is 3.24. The topological polar surface area (TPSA) is 75.2 Å². The first-order chi connectivity index (χ1) is 12.6. The van der Waals surface area contributed by atoms with E-state index in [1.54, 1.807) is 24.4 Å². The SMILES string of the molecule is O=C1CN(C(=O)c2cc(-c3ccccn3)nc3cc(F)ccc23)CCN1. The second-order valence-corrected chi connectivity index (χ2v) is 6.01. The van der Waals surface area contributed by atoms with E-state index >= 15 is 0 Å². The monoisotopic (exact) mass is 350 g/mol. The lowest BCUT2D eigenvalue weighted by Crippen LogP contribution is -2.50. The lowest BCUT2D eigenvalue weighted by atomic mass is 10.0. The van der Waals surface area contributed by atoms with Crippen LogP contribution >= 0.6 is 0 Å². The van der Waals surface area contributed by atoms with E-state index in [0.29, 0.717) is 40.9 Å². The van der Waals surface area contributed by atoms with E-state index in [1.807, 2.05) is 6.07 Å². The molecule has 0 unspecified atom stereocenters. The van der Waals surface area contributed by atoms with Gasteiger partial charge in [0.2, 0.25) is 5.91 Å². The minimum atomic E-state index is -0.432. The molecule has 1 aliphatic heterocycles. The third-order valence-corrected chi connectivity index (χ3v) is 4.26. The third kappa shape index (κ3) is 2.99. The molecule has 0 aliphatic carbocycles. The van der Waals surface area contributed by atoms with Gasteiger partial charge in [0.25, 0.3) is 5.91 Å². The van der Waals surface area contributed by atoms with Crippen LogP contribution in [0.5, 0.6) is 0 Å². The fourth-order valence-corrected chi connectivity index (χ4v) is 3.01. The second-order valence-electron chi connectivity index (χ2n) is 6.01. The van der Waals surface area contributed by atoms with Crippen LogP contribution < -0.4 is 5.32 Å². The molecule has 0 saturated carbocycles. The Labute approximate surface area is 148 Å². The summed E-state index contributed by atoms with van der Waals surface area (Å²) in [7, 11) is 0. The third-order valence-electron chi connectivity index (χ3n) is 4.26. The molecule has 3 aromatic rings. The van der Waals surface area contributed by atoms with Crippen molar-refractivity contribution in [1.29, 1.82) is 0 Å². The first-order valence-electron chi connectivity index (χ1n) is 8.19. The molecule has 0 bridgehead atoms. The molecule has 1 aromatic carbocycles. The Morgan fingerprint density at radius 2 is 2.04 bits per heavy atom. The summed E-state index contributed by atoms with van der Waals surface area (Å²) in [5.41, 5.74) is 1.82. The van der Waals surface area contributed by atoms with Gasteiger partial charge in [-0.05, 0) is 30.3 Å². The van der Waals surface area contributed by atoms with Crippen LogP contribution in [0.1, 0.15) is 10.4 Å². The van der Waals surface area contributed by atoms with E-state index in [1.165, 1.54) is 23.1 Å². The van der Waals surface area contributed by atoms with E-state index in [2.05, 4.69) is 15.3 Å². The van der Waals surface area contributed by atoms with Crippen molar-refractivity contribution in [3.8, 4) is 11.4 Å². The molecular formula is C19H15FN4O2. The number of piperazine rings is 1. The minimum absolute atomic E-state index is 0.00274. The summed E-state index contributed by atoms with van der Waals surface area (Å²) in [6.07, 6.45) is 1.63. The highest BCUT2D eigenvalue weighted by atomic mass is 19.1. The van der Waals surface area contributed by atoms with Crippen LogP contribution in [-0.2, 0) is 4.79 Å². The number of rotatable bonds is 2. The van der Waals surface area contributed by atoms with Crippen LogP contribution in [0.4, 0.5) is 4.39 Å². The van der Waals surface area contributed by atoms with Gasteiger partial charge in [-0.15, -0.1) is 0 Å². The smallest absolute Gasteiger partial charge is 0.255 e. The van der Waals surface area contributed by atoms with Gasteiger partial charge in [-0.1, -0.05) is 6.07 Å². The first kappa shape index (κ1) is 16.1. The Hall–Kier alpha value is -3.35. The number of carbonyl (C=O) groups excluding carboxylic acids is 2. The number of amides is 2. The number of aromatic nitrogens is 2. The van der Waals surface area contributed by atoms with Gasteiger partial charge in [0.05, 0.1) is 29.0 Å². The zero-order chi connectivity index (χ0) is 18.1. The van der Waals surface area contributed by atoms with Crippen LogP contribution in [-0.4, -0.2) is 46.3 Å². The van der Waals surface area contributed by atoms with Crippen LogP contribution in [0, 0.1) is 5.82 Å². The standard InChI is InChI=1S/C19H15FN4O2/c20-12-4-5-13-14(19(26)24-8-7-22-18(25)11-24)10-17(23-16(13)9-12)15-3-1-2-6-21-15/h1-6,9-10H,7-8,11H2,(H,22,25). The molecule has 1 fully saturated rings. The number of halogens is 1. The maximum Gasteiger partial charge on any atom is 0.255 e. The van der Waals surface area contributed by atoms with Gasteiger partial charge < -0.3 is 10.2 Å². The maximum atomic E-state index is 13.7. The summed E-state index contributed by atoms with van der Waals surface area (Å²) in [6.45, 7) is 0.840. The van der Waals surface area contributed by atoms with Gasteiger partial charge in [0, 0.05) is 30.7 Å². The van der Waals surface area contributed by atoms with E-state index in [-0.39, 0.29) is 18.4 Å². The highest BCUT2D eigenvalue weighted by molar-refractivity contribution is 6.08. The number of carbonyl (C=O) groups is 2. The zero-order valence-corrected chi connectivity index (χ0v) is 13.8. The lowest BCUT2D eigenvalue weighted by molar-refractivity contribution is -0.123. The van der Waals surface area contributed by atoms with Gasteiger partial charge in [0.15, 0.2) is 0 Å². The number of fused-ring (bicyclic) bond motifs is 1. The molecule has 7 heteroatoms. The molecule has 1 N–H and O–H groups in total. The highest BCUT2D eigenvalue weighted by Gasteiger charge is 2.24. The number of hydrogen-bond acceptors (Lipinski definition) is 4. The predicted molar refractivity (Wildman–Crippen MR) is 93.8 cm³/mol. The summed E-state index contributed by atoms with van der Waals surface area (Å²) in [4.78, 5) is 34.9. The van der Waals surface area contributed by atoms with Gasteiger partial charge in [0.1, 0.15) is 5.82 Å². The molecule has 1 aliphatic rings. The molecule has 130 valence electrons. The van der Waals surface area contributed by atoms with Gasteiger partial charge in [-0.3, -0.25) is 14.6 Å². The largest absolute Gasteiger partial charge is 0.353 e. The Morgan fingerprint density at radius 1 is 1.15 bits per heavy atom.